The number of rotatable bonds is 3. The van der Waals surface area contributed by atoms with Gasteiger partial charge in [0.15, 0.2) is 11.5 Å². The van der Waals surface area contributed by atoms with Gasteiger partial charge in [-0.3, -0.25) is 0 Å². The zero-order chi connectivity index (χ0) is 12.6. The second-order valence-electron chi connectivity index (χ2n) is 4.57. The molecular weight excluding hydrogens is 352 g/mol. The van der Waals surface area contributed by atoms with Gasteiger partial charge in [-0.15, -0.1) is 0 Å². The molecule has 0 aromatic heterocycles. The summed E-state index contributed by atoms with van der Waals surface area (Å²) in [6, 6.07) is 3.45. The first kappa shape index (κ1) is 13.0. The van der Waals surface area contributed by atoms with E-state index in [1.807, 2.05) is 6.07 Å². The van der Waals surface area contributed by atoms with E-state index in [-0.39, 0.29) is 21.7 Å². The summed E-state index contributed by atoms with van der Waals surface area (Å²) in [6.07, 6.45) is 0.709. The average Bonchev–Trinajstić information content (AvgIpc) is 2.63. The van der Waals surface area contributed by atoms with Crippen LogP contribution in [-0.4, -0.2) is 21.1 Å². The van der Waals surface area contributed by atoms with Crippen LogP contribution in [0, 0.1) is 0 Å². The van der Waals surface area contributed by atoms with Gasteiger partial charge in [-0.1, -0.05) is 31.9 Å². The number of ether oxygens (including phenoxy) is 2. The molecule has 1 aromatic carbocycles. The smallest absolute Gasteiger partial charge is 0.231 e. The van der Waals surface area contributed by atoms with Crippen LogP contribution in [-0.2, 0) is 6.42 Å². The Bertz CT molecular complexity index is 426. The minimum atomic E-state index is -0.0458. The molecule has 0 bridgehead atoms. The lowest BCUT2D eigenvalue weighted by molar-refractivity contribution is 0.174. The molecule has 0 fully saturated rings. The van der Waals surface area contributed by atoms with Gasteiger partial charge in [-0.25, -0.2) is 0 Å². The number of phenolic OH excluding ortho intramolecular Hbond substituents is 1. The molecule has 5 heteroatoms. The summed E-state index contributed by atoms with van der Waals surface area (Å²) in [6.45, 7) is 4.38. The van der Waals surface area contributed by atoms with Crippen molar-refractivity contribution in [3.05, 3.63) is 17.7 Å². The fourth-order valence-corrected chi connectivity index (χ4v) is 2.08. The third-order valence-electron chi connectivity index (χ3n) is 2.72. The van der Waals surface area contributed by atoms with Crippen molar-refractivity contribution in [3.63, 3.8) is 0 Å². The van der Waals surface area contributed by atoms with Crippen LogP contribution < -0.4 is 9.47 Å². The minimum Gasteiger partial charge on any atom is -0.508 e. The molecule has 0 saturated heterocycles. The number of benzene rings is 1. The maximum absolute atomic E-state index is 9.92. The fraction of sp³-hybridized carbons (Fsp3) is 0.500. The normalized spacial score (nSPS) is 16.0. The van der Waals surface area contributed by atoms with Gasteiger partial charge in [0.2, 0.25) is 6.79 Å². The van der Waals surface area contributed by atoms with Crippen LogP contribution in [0.5, 0.6) is 17.2 Å². The number of hydrogen-bond acceptors (Lipinski definition) is 3. The van der Waals surface area contributed by atoms with Crippen molar-refractivity contribution < 1.29 is 14.6 Å². The first-order valence-electron chi connectivity index (χ1n) is 5.32. The van der Waals surface area contributed by atoms with Gasteiger partial charge in [-0.05, 0) is 31.9 Å². The van der Waals surface area contributed by atoms with Gasteiger partial charge < -0.3 is 14.6 Å². The van der Waals surface area contributed by atoms with Gasteiger partial charge in [0.1, 0.15) is 5.75 Å². The Morgan fingerprint density at radius 1 is 1.35 bits per heavy atom. The van der Waals surface area contributed by atoms with Crippen LogP contribution in [0.4, 0.5) is 0 Å². The molecule has 1 aliphatic heterocycles. The lowest BCUT2D eigenvalue weighted by atomic mass is 10.0. The van der Waals surface area contributed by atoms with Crippen LogP contribution in [0.3, 0.4) is 0 Å². The van der Waals surface area contributed by atoms with Crippen molar-refractivity contribution in [1.82, 2.24) is 0 Å². The van der Waals surface area contributed by atoms with Crippen LogP contribution in [0.1, 0.15) is 19.4 Å². The maximum atomic E-state index is 9.92. The summed E-state index contributed by atoms with van der Waals surface area (Å²) in [5, 5.41) is 9.92. The molecule has 1 atom stereocenters. The molecule has 1 aliphatic rings. The summed E-state index contributed by atoms with van der Waals surface area (Å²) in [5.74, 6) is 1.55. The van der Waals surface area contributed by atoms with Crippen molar-refractivity contribution in [2.24, 2.45) is 0 Å². The standard InChI is InChI=1S/C12H14Br2O3/c1-12(2,14)11(13)4-7-3-9-10(5-8(7)15)17-6-16-9/h3,5,11,15H,4,6H2,1-2H3. The van der Waals surface area contributed by atoms with Gasteiger partial charge in [-0.2, -0.15) is 0 Å². The number of alkyl halides is 2. The maximum Gasteiger partial charge on any atom is 0.231 e. The van der Waals surface area contributed by atoms with E-state index in [0.29, 0.717) is 17.9 Å². The summed E-state index contributed by atoms with van der Waals surface area (Å²) in [5.41, 5.74) is 0.851. The molecule has 1 heterocycles. The quantitative estimate of drug-likeness (QED) is 0.831. The Labute approximate surface area is 117 Å². The number of hydrogen-bond donors (Lipinski definition) is 1. The third kappa shape index (κ3) is 2.88. The first-order chi connectivity index (χ1) is 7.88. The largest absolute Gasteiger partial charge is 0.508 e. The molecule has 94 valence electrons. The molecule has 0 aliphatic carbocycles. The molecule has 0 amide bonds. The summed E-state index contributed by atoms with van der Waals surface area (Å²) in [7, 11) is 0. The van der Waals surface area contributed by atoms with E-state index in [0.717, 1.165) is 5.56 Å². The Hall–Kier alpha value is -0.420. The third-order valence-corrected chi connectivity index (χ3v) is 5.35. The highest BCUT2D eigenvalue weighted by atomic mass is 79.9. The molecule has 1 unspecified atom stereocenters. The Kier molecular flexibility index (Phi) is 3.59. The van der Waals surface area contributed by atoms with Crippen molar-refractivity contribution >= 4 is 31.9 Å². The molecule has 0 radical (unpaired) electrons. The van der Waals surface area contributed by atoms with E-state index in [1.165, 1.54) is 0 Å². The lowest BCUT2D eigenvalue weighted by Crippen LogP contribution is -2.26. The predicted molar refractivity (Wildman–Crippen MR) is 73.7 cm³/mol. The second-order valence-corrected chi connectivity index (χ2v) is 7.72. The Balaban J connectivity index is 2.22. The Morgan fingerprint density at radius 2 is 1.94 bits per heavy atom. The molecule has 0 saturated carbocycles. The van der Waals surface area contributed by atoms with E-state index in [1.54, 1.807) is 6.07 Å². The number of halogens is 2. The first-order valence-corrected chi connectivity index (χ1v) is 7.03. The molecule has 17 heavy (non-hydrogen) atoms. The average molecular weight is 366 g/mol. The van der Waals surface area contributed by atoms with Gasteiger partial charge >= 0.3 is 0 Å². The zero-order valence-electron chi connectivity index (χ0n) is 9.67. The van der Waals surface area contributed by atoms with E-state index >= 15 is 0 Å². The molecule has 1 N–H and O–H groups in total. The SMILES string of the molecule is CC(C)(Br)C(Br)Cc1cc2c(cc1O)OCO2. The number of aromatic hydroxyl groups is 1. The topological polar surface area (TPSA) is 38.7 Å². The lowest BCUT2D eigenvalue weighted by Gasteiger charge is -2.23. The summed E-state index contributed by atoms with van der Waals surface area (Å²) in [4.78, 5) is 0.210. The molecule has 1 aromatic rings. The zero-order valence-corrected chi connectivity index (χ0v) is 12.8. The van der Waals surface area contributed by atoms with Crippen LogP contribution in [0.2, 0.25) is 0 Å². The Morgan fingerprint density at radius 3 is 2.53 bits per heavy atom. The van der Waals surface area contributed by atoms with Crippen LogP contribution in [0.25, 0.3) is 0 Å². The highest BCUT2D eigenvalue weighted by Crippen LogP contribution is 2.39. The fourth-order valence-electron chi connectivity index (χ4n) is 1.57. The molecule has 2 rings (SSSR count). The van der Waals surface area contributed by atoms with Crippen molar-refractivity contribution in [2.75, 3.05) is 6.79 Å². The van der Waals surface area contributed by atoms with E-state index in [2.05, 4.69) is 45.7 Å². The molecular formula is C12H14Br2O3. The highest BCUT2D eigenvalue weighted by molar-refractivity contribution is 9.12. The minimum absolute atomic E-state index is 0.0458. The van der Waals surface area contributed by atoms with E-state index < -0.39 is 0 Å². The molecule has 3 nitrogen and oxygen atoms in total. The number of fused-ring (bicyclic) bond motifs is 1. The summed E-state index contributed by atoms with van der Waals surface area (Å²) < 4.78 is 10.5. The van der Waals surface area contributed by atoms with Crippen LogP contribution >= 0.6 is 31.9 Å². The highest BCUT2D eigenvalue weighted by Gasteiger charge is 2.26. The van der Waals surface area contributed by atoms with E-state index in [4.69, 9.17) is 9.47 Å². The molecule has 0 spiro atoms. The van der Waals surface area contributed by atoms with Crippen molar-refractivity contribution in [3.8, 4) is 17.2 Å². The number of phenols is 1. The predicted octanol–water partition coefficient (Wildman–Crippen LogP) is 3.60. The monoisotopic (exact) mass is 364 g/mol. The van der Waals surface area contributed by atoms with Gasteiger partial charge in [0.05, 0.1) is 0 Å². The van der Waals surface area contributed by atoms with Crippen molar-refractivity contribution in [2.45, 2.75) is 29.4 Å². The van der Waals surface area contributed by atoms with Crippen LogP contribution in [0.15, 0.2) is 12.1 Å². The second kappa shape index (κ2) is 4.69. The summed E-state index contributed by atoms with van der Waals surface area (Å²) >= 11 is 7.22. The van der Waals surface area contributed by atoms with Gasteiger partial charge in [0, 0.05) is 15.2 Å². The van der Waals surface area contributed by atoms with Gasteiger partial charge in [0.25, 0.3) is 0 Å². The van der Waals surface area contributed by atoms with Crippen molar-refractivity contribution in [1.29, 1.82) is 0 Å². The van der Waals surface area contributed by atoms with E-state index in [9.17, 15) is 5.11 Å².